The van der Waals surface area contributed by atoms with Crippen molar-refractivity contribution >= 4 is 13.7 Å². The van der Waals surface area contributed by atoms with Gasteiger partial charge in [0, 0.05) is 6.42 Å². The second kappa shape index (κ2) is 45.8. The number of hydrogen-bond donors (Lipinski definition) is 2. The molecule has 0 heterocycles. The Morgan fingerprint density at radius 3 is 1.45 bits per heavy atom. The van der Waals surface area contributed by atoms with Gasteiger partial charge in [0.05, 0.1) is 39.9 Å². The summed E-state index contributed by atoms with van der Waals surface area (Å²) in [5.74, 6) is -0.212. The molecule has 2 N–H and O–H groups in total. The number of unbranched alkanes of at least 4 members (excludes halogenated alkanes) is 21. The van der Waals surface area contributed by atoms with Gasteiger partial charge in [-0.05, 0) is 77.0 Å². The maximum absolute atomic E-state index is 12.9. The molecule has 0 spiro atoms. The second-order valence-electron chi connectivity index (χ2n) is 18.5. The van der Waals surface area contributed by atoms with Gasteiger partial charge in [-0.2, -0.15) is 0 Å². The molecule has 9 heteroatoms. The summed E-state index contributed by atoms with van der Waals surface area (Å²) in [4.78, 5) is 25.3. The third-order valence-electron chi connectivity index (χ3n) is 11.1. The Hall–Kier alpha value is -2.32. The zero-order valence-corrected chi connectivity index (χ0v) is 42.8. The smallest absolute Gasteiger partial charge is 0.268 e. The minimum atomic E-state index is -4.59. The van der Waals surface area contributed by atoms with Crippen molar-refractivity contribution in [3.8, 4) is 0 Å². The van der Waals surface area contributed by atoms with Gasteiger partial charge >= 0.3 is 0 Å². The number of phosphoric ester groups is 1. The summed E-state index contributed by atoms with van der Waals surface area (Å²) < 4.78 is 23.2. The first-order chi connectivity index (χ1) is 31.0. The summed E-state index contributed by atoms with van der Waals surface area (Å²) >= 11 is 0. The fraction of sp³-hybridized carbons (Fsp3) is 0.727. The average molecular weight is 915 g/mol. The summed E-state index contributed by atoms with van der Waals surface area (Å²) in [6.07, 6.45) is 63.9. The first-order valence-corrected chi connectivity index (χ1v) is 27.4. The number of carbonyl (C=O) groups is 1. The zero-order valence-electron chi connectivity index (χ0n) is 42.0. The van der Waals surface area contributed by atoms with E-state index in [0.29, 0.717) is 17.4 Å². The van der Waals surface area contributed by atoms with Gasteiger partial charge in [0.25, 0.3) is 7.82 Å². The van der Waals surface area contributed by atoms with E-state index in [-0.39, 0.29) is 12.5 Å². The fourth-order valence-electron chi connectivity index (χ4n) is 7.02. The minimum Gasteiger partial charge on any atom is -0.756 e. The van der Waals surface area contributed by atoms with Crippen molar-refractivity contribution < 1.29 is 32.9 Å². The number of aliphatic hydroxyl groups is 1. The largest absolute Gasteiger partial charge is 0.756 e. The number of allylic oxidation sites excluding steroid dienone is 13. The van der Waals surface area contributed by atoms with E-state index in [2.05, 4.69) is 92.1 Å². The van der Waals surface area contributed by atoms with Gasteiger partial charge in [0.15, 0.2) is 0 Å². The van der Waals surface area contributed by atoms with Crippen LogP contribution in [0.3, 0.4) is 0 Å². The van der Waals surface area contributed by atoms with E-state index in [0.717, 1.165) is 70.6 Å². The van der Waals surface area contributed by atoms with Gasteiger partial charge in [-0.25, -0.2) is 0 Å². The first-order valence-electron chi connectivity index (χ1n) is 25.9. The molecule has 0 aromatic rings. The zero-order chi connectivity index (χ0) is 47.1. The van der Waals surface area contributed by atoms with Crippen LogP contribution in [0.5, 0.6) is 0 Å². The van der Waals surface area contributed by atoms with Crippen LogP contribution in [0.2, 0.25) is 0 Å². The van der Waals surface area contributed by atoms with Crippen LogP contribution in [-0.4, -0.2) is 68.5 Å². The maximum atomic E-state index is 12.9. The molecule has 0 aliphatic rings. The van der Waals surface area contributed by atoms with Crippen LogP contribution in [0.25, 0.3) is 0 Å². The van der Waals surface area contributed by atoms with Crippen molar-refractivity contribution in [2.45, 2.75) is 219 Å². The molecule has 0 rings (SSSR count). The van der Waals surface area contributed by atoms with E-state index in [1.807, 2.05) is 27.2 Å². The van der Waals surface area contributed by atoms with Gasteiger partial charge in [0.2, 0.25) is 5.91 Å². The lowest BCUT2D eigenvalue weighted by atomic mass is 10.0. The highest BCUT2D eigenvalue weighted by Gasteiger charge is 2.23. The van der Waals surface area contributed by atoms with Gasteiger partial charge in [0.1, 0.15) is 13.2 Å². The van der Waals surface area contributed by atoms with E-state index in [1.165, 1.54) is 116 Å². The highest BCUT2D eigenvalue weighted by atomic mass is 31.2. The Labute approximate surface area is 395 Å². The standard InChI is InChI=1S/C55H99N2O6P/c1-6-8-10-12-14-16-17-18-19-20-21-22-23-24-25-26-27-28-29-30-31-32-33-34-35-36-37-38-39-41-43-45-47-49-55(59)56-53(52-63-64(60,61)62-51-50-57(3,4)5)54(58)48-46-44-42-40-15-13-11-9-7-2/h8,10,14-16,18-19,21-22,24-25,40,46,48,53-54,58H,6-7,9,11-13,17,20,23,26-39,41-45,47,49-52H2,1-5H3,(H-,56,59,60,61)/b10-8-,16-14-,19-18-,22-21-,25-24-,40-15+,48-46+. The van der Waals surface area contributed by atoms with E-state index in [4.69, 9.17) is 9.05 Å². The molecule has 0 saturated heterocycles. The van der Waals surface area contributed by atoms with Crippen LogP contribution >= 0.6 is 7.82 Å². The summed E-state index contributed by atoms with van der Waals surface area (Å²) in [6, 6.07) is -0.904. The third kappa shape index (κ3) is 47.6. The van der Waals surface area contributed by atoms with E-state index >= 15 is 0 Å². The van der Waals surface area contributed by atoms with Crippen molar-refractivity contribution in [2.24, 2.45) is 0 Å². The molecule has 0 bridgehead atoms. The molecule has 0 fully saturated rings. The molecule has 0 aliphatic carbocycles. The van der Waals surface area contributed by atoms with E-state index in [1.54, 1.807) is 6.08 Å². The number of amides is 1. The lowest BCUT2D eigenvalue weighted by Gasteiger charge is -2.29. The Balaban J connectivity index is 4.00. The van der Waals surface area contributed by atoms with Crippen LogP contribution in [0.4, 0.5) is 0 Å². The number of likely N-dealkylation sites (N-methyl/N-ethyl adjacent to an activating group) is 1. The first kappa shape index (κ1) is 61.7. The quantitative estimate of drug-likeness (QED) is 0.0273. The lowest BCUT2D eigenvalue weighted by Crippen LogP contribution is -2.45. The highest BCUT2D eigenvalue weighted by Crippen LogP contribution is 2.38. The van der Waals surface area contributed by atoms with Gasteiger partial charge in [-0.1, -0.05) is 208 Å². The predicted molar refractivity (Wildman–Crippen MR) is 274 cm³/mol. The topological polar surface area (TPSA) is 108 Å². The average Bonchev–Trinajstić information content (AvgIpc) is 3.25. The summed E-state index contributed by atoms with van der Waals surface area (Å²) in [5.41, 5.74) is 0. The minimum absolute atomic E-state index is 0.00892. The van der Waals surface area contributed by atoms with Crippen LogP contribution in [0.1, 0.15) is 206 Å². The van der Waals surface area contributed by atoms with E-state index < -0.39 is 26.6 Å². The number of quaternary nitrogens is 1. The highest BCUT2D eigenvalue weighted by molar-refractivity contribution is 7.45. The molecule has 0 radical (unpaired) electrons. The SMILES string of the molecule is CC/C=C\C/C=C\C/C=C\C/C=C\C/C=C\CCCCCCCCCCCCCCCCCCCC(=O)NC(COP(=O)([O-])OCC[N+](C)(C)C)C(O)/C=C/CC/C=C/CCCCC. The molecule has 0 saturated carbocycles. The van der Waals surface area contributed by atoms with Gasteiger partial charge in [-0.3, -0.25) is 9.36 Å². The Morgan fingerprint density at radius 1 is 0.562 bits per heavy atom. The molecule has 370 valence electrons. The molecule has 1 amide bonds. The second-order valence-corrected chi connectivity index (χ2v) is 19.9. The molecule has 64 heavy (non-hydrogen) atoms. The molecule has 8 nitrogen and oxygen atoms in total. The number of nitrogens with zero attached hydrogens (tertiary/aromatic N) is 1. The number of hydrogen-bond acceptors (Lipinski definition) is 6. The molecule has 0 aliphatic heterocycles. The summed E-state index contributed by atoms with van der Waals surface area (Å²) in [5, 5.41) is 13.7. The fourth-order valence-corrected chi connectivity index (χ4v) is 7.74. The molecule has 3 atom stereocenters. The number of rotatable bonds is 46. The summed E-state index contributed by atoms with van der Waals surface area (Å²) in [7, 11) is 1.23. The maximum Gasteiger partial charge on any atom is 0.268 e. The van der Waals surface area contributed by atoms with Crippen molar-refractivity contribution in [3.05, 3.63) is 85.1 Å². The number of aliphatic hydroxyl groups excluding tert-OH is 1. The van der Waals surface area contributed by atoms with E-state index in [9.17, 15) is 19.4 Å². The monoisotopic (exact) mass is 915 g/mol. The molecule has 0 aromatic heterocycles. The molecular weight excluding hydrogens is 816 g/mol. The Kier molecular flexibility index (Phi) is 44.2. The molecular formula is C55H99N2O6P. The van der Waals surface area contributed by atoms with Crippen molar-refractivity contribution in [2.75, 3.05) is 40.9 Å². The van der Waals surface area contributed by atoms with Crippen LogP contribution < -0.4 is 10.2 Å². The van der Waals surface area contributed by atoms with Crippen LogP contribution in [0, 0.1) is 0 Å². The Morgan fingerprint density at radius 2 is 0.969 bits per heavy atom. The van der Waals surface area contributed by atoms with Gasteiger partial charge < -0.3 is 28.8 Å². The van der Waals surface area contributed by atoms with Crippen molar-refractivity contribution in [1.82, 2.24) is 5.32 Å². The van der Waals surface area contributed by atoms with Crippen molar-refractivity contribution in [3.63, 3.8) is 0 Å². The van der Waals surface area contributed by atoms with Gasteiger partial charge in [-0.15, -0.1) is 0 Å². The number of phosphoric acid groups is 1. The van der Waals surface area contributed by atoms with Crippen molar-refractivity contribution in [1.29, 1.82) is 0 Å². The molecule has 3 unspecified atom stereocenters. The summed E-state index contributed by atoms with van der Waals surface area (Å²) in [6.45, 7) is 4.45. The predicted octanol–water partition coefficient (Wildman–Crippen LogP) is 14.7. The number of nitrogens with one attached hydrogen (secondary N) is 1. The third-order valence-corrected chi connectivity index (χ3v) is 12.1. The molecule has 0 aromatic carbocycles. The van der Waals surface area contributed by atoms with Crippen LogP contribution in [-0.2, 0) is 18.4 Å². The Bertz CT molecular complexity index is 1310. The van der Waals surface area contributed by atoms with Crippen LogP contribution in [0.15, 0.2) is 85.1 Å². The normalized spacial score (nSPS) is 14.8. The number of carbonyl (C=O) groups excluding carboxylic acids is 1. The lowest BCUT2D eigenvalue weighted by molar-refractivity contribution is -0.870.